The molecule has 3 heteroatoms. The van der Waals surface area contributed by atoms with Crippen LogP contribution < -0.4 is 5.32 Å². The molecule has 1 nitrogen and oxygen atoms in total. The smallest absolute Gasteiger partial charge is 0.107 e. The quantitative estimate of drug-likeness (QED) is 0.715. The number of halogens is 2. The molecule has 0 fully saturated rings. The highest BCUT2D eigenvalue weighted by molar-refractivity contribution is 6.17. The lowest BCUT2D eigenvalue weighted by Gasteiger charge is -2.07. The number of nitrogens with one attached hydrogen (secondary N) is 1. The summed E-state index contributed by atoms with van der Waals surface area (Å²) < 4.78 is 11.8. The molecule has 0 bridgehead atoms. The van der Waals surface area contributed by atoms with E-state index in [9.17, 15) is 4.39 Å². The fourth-order valence-electron chi connectivity index (χ4n) is 0.991. The fourth-order valence-corrected chi connectivity index (χ4v) is 1.22. The minimum Gasteiger partial charge on any atom is -0.382 e. The lowest BCUT2D eigenvalue weighted by molar-refractivity contribution is 0.512. The van der Waals surface area contributed by atoms with Crippen LogP contribution in [0.4, 0.5) is 10.1 Å². The van der Waals surface area contributed by atoms with Crippen LogP contribution in [0.2, 0.25) is 0 Å². The van der Waals surface area contributed by atoms with Gasteiger partial charge in [-0.3, -0.25) is 0 Å². The van der Waals surface area contributed by atoms with E-state index in [1.807, 2.05) is 24.3 Å². The molecule has 0 saturated heterocycles. The van der Waals surface area contributed by atoms with Gasteiger partial charge in [0.15, 0.2) is 0 Å². The maximum Gasteiger partial charge on any atom is 0.107 e. The number of rotatable bonds is 4. The Balaban J connectivity index is 2.68. The molecule has 66 valence electrons. The van der Waals surface area contributed by atoms with E-state index >= 15 is 0 Å². The third kappa shape index (κ3) is 2.38. The van der Waals surface area contributed by atoms with Gasteiger partial charge in [0.05, 0.1) is 0 Å². The first kappa shape index (κ1) is 9.33. The van der Waals surface area contributed by atoms with Gasteiger partial charge >= 0.3 is 0 Å². The standard InChI is InChI=1S/C9H11ClFN/c10-7-8-3-1-2-4-9(8)12-6-5-11/h1-4,12H,5-7H2. The molecule has 0 aliphatic rings. The molecule has 0 aliphatic heterocycles. The number of benzene rings is 1. The molecule has 1 aromatic rings. The predicted octanol–water partition coefficient (Wildman–Crippen LogP) is 2.81. The van der Waals surface area contributed by atoms with Crippen molar-refractivity contribution < 1.29 is 4.39 Å². The van der Waals surface area contributed by atoms with Crippen LogP contribution in [0, 0.1) is 0 Å². The van der Waals surface area contributed by atoms with Crippen molar-refractivity contribution in [1.29, 1.82) is 0 Å². The van der Waals surface area contributed by atoms with Crippen LogP contribution in [0.25, 0.3) is 0 Å². The Morgan fingerprint density at radius 2 is 2.08 bits per heavy atom. The Morgan fingerprint density at radius 3 is 2.75 bits per heavy atom. The summed E-state index contributed by atoms with van der Waals surface area (Å²) in [6, 6.07) is 7.63. The van der Waals surface area contributed by atoms with E-state index in [4.69, 9.17) is 11.6 Å². The van der Waals surface area contributed by atoms with E-state index in [1.165, 1.54) is 0 Å². The monoisotopic (exact) mass is 187 g/mol. The van der Waals surface area contributed by atoms with Crippen molar-refractivity contribution >= 4 is 17.3 Å². The summed E-state index contributed by atoms with van der Waals surface area (Å²) in [4.78, 5) is 0. The van der Waals surface area contributed by atoms with Crippen LogP contribution in [-0.4, -0.2) is 13.2 Å². The number of para-hydroxylation sites is 1. The highest BCUT2D eigenvalue weighted by Gasteiger charge is 1.97. The second-order valence-corrected chi connectivity index (χ2v) is 2.67. The Hall–Kier alpha value is -0.760. The number of anilines is 1. The van der Waals surface area contributed by atoms with Crippen molar-refractivity contribution in [2.75, 3.05) is 18.5 Å². The summed E-state index contributed by atoms with van der Waals surface area (Å²) in [6.07, 6.45) is 0. The van der Waals surface area contributed by atoms with Crippen molar-refractivity contribution in [2.45, 2.75) is 5.88 Å². The molecule has 0 aliphatic carbocycles. The maximum absolute atomic E-state index is 11.8. The van der Waals surface area contributed by atoms with Crippen molar-refractivity contribution in [3.63, 3.8) is 0 Å². The third-order valence-electron chi connectivity index (χ3n) is 1.57. The van der Waals surface area contributed by atoms with Crippen molar-refractivity contribution in [3.8, 4) is 0 Å². The summed E-state index contributed by atoms with van der Waals surface area (Å²) >= 11 is 5.68. The molecule has 0 heterocycles. The van der Waals surface area contributed by atoms with Gasteiger partial charge in [-0.15, -0.1) is 11.6 Å². The first-order chi connectivity index (χ1) is 5.88. The van der Waals surface area contributed by atoms with Gasteiger partial charge < -0.3 is 5.32 Å². The molecule has 0 saturated carbocycles. The van der Waals surface area contributed by atoms with Gasteiger partial charge in [0.25, 0.3) is 0 Å². The Bertz CT molecular complexity index is 240. The highest BCUT2D eigenvalue weighted by atomic mass is 35.5. The normalized spacial score (nSPS) is 9.83. The van der Waals surface area contributed by atoms with E-state index in [1.54, 1.807) is 0 Å². The topological polar surface area (TPSA) is 12.0 Å². The van der Waals surface area contributed by atoms with E-state index in [0.29, 0.717) is 12.4 Å². The van der Waals surface area contributed by atoms with E-state index in [2.05, 4.69) is 5.32 Å². The average molecular weight is 188 g/mol. The molecule has 1 N–H and O–H groups in total. The van der Waals surface area contributed by atoms with Crippen LogP contribution in [-0.2, 0) is 5.88 Å². The number of hydrogen-bond donors (Lipinski definition) is 1. The van der Waals surface area contributed by atoms with Gasteiger partial charge in [0.1, 0.15) is 6.67 Å². The second-order valence-electron chi connectivity index (χ2n) is 2.41. The Labute approximate surface area is 76.5 Å². The largest absolute Gasteiger partial charge is 0.382 e. The second kappa shape index (κ2) is 4.99. The van der Waals surface area contributed by atoms with Crippen LogP contribution in [0.3, 0.4) is 0 Å². The summed E-state index contributed by atoms with van der Waals surface area (Å²) in [5.74, 6) is 0.454. The zero-order chi connectivity index (χ0) is 8.81. The summed E-state index contributed by atoms with van der Waals surface area (Å²) in [6.45, 7) is -0.0233. The van der Waals surface area contributed by atoms with Gasteiger partial charge in [0, 0.05) is 18.1 Å². The summed E-state index contributed by atoms with van der Waals surface area (Å²) in [7, 11) is 0. The third-order valence-corrected chi connectivity index (χ3v) is 1.86. The lowest BCUT2D eigenvalue weighted by Crippen LogP contribution is -2.04. The zero-order valence-corrected chi connectivity index (χ0v) is 7.44. The Kier molecular flexibility index (Phi) is 3.88. The van der Waals surface area contributed by atoms with E-state index in [0.717, 1.165) is 11.3 Å². The number of hydrogen-bond acceptors (Lipinski definition) is 1. The predicted molar refractivity (Wildman–Crippen MR) is 50.5 cm³/mol. The highest BCUT2D eigenvalue weighted by Crippen LogP contribution is 2.16. The molecule has 0 radical (unpaired) electrons. The molecule has 12 heavy (non-hydrogen) atoms. The van der Waals surface area contributed by atoms with Gasteiger partial charge in [-0.2, -0.15) is 0 Å². The first-order valence-electron chi connectivity index (χ1n) is 3.82. The van der Waals surface area contributed by atoms with Crippen molar-refractivity contribution in [3.05, 3.63) is 29.8 Å². The molecule has 1 rings (SSSR count). The average Bonchev–Trinajstić information content (AvgIpc) is 2.15. The zero-order valence-electron chi connectivity index (χ0n) is 6.69. The minimum absolute atomic E-state index is 0.341. The van der Waals surface area contributed by atoms with Crippen LogP contribution in [0.15, 0.2) is 24.3 Å². The molecular weight excluding hydrogens is 177 g/mol. The molecule has 0 unspecified atom stereocenters. The van der Waals surface area contributed by atoms with Crippen molar-refractivity contribution in [2.24, 2.45) is 0 Å². The van der Waals surface area contributed by atoms with Gasteiger partial charge in [-0.1, -0.05) is 18.2 Å². The lowest BCUT2D eigenvalue weighted by atomic mass is 10.2. The van der Waals surface area contributed by atoms with Crippen LogP contribution in [0.1, 0.15) is 5.56 Å². The molecule has 0 amide bonds. The van der Waals surface area contributed by atoms with Gasteiger partial charge in [-0.25, -0.2) is 4.39 Å². The molecule has 0 spiro atoms. The summed E-state index contributed by atoms with van der Waals surface area (Å²) in [5.41, 5.74) is 1.93. The number of alkyl halides is 2. The Morgan fingerprint density at radius 1 is 1.33 bits per heavy atom. The van der Waals surface area contributed by atoms with Gasteiger partial charge in [-0.05, 0) is 11.6 Å². The van der Waals surface area contributed by atoms with Gasteiger partial charge in [0.2, 0.25) is 0 Å². The maximum atomic E-state index is 11.8. The molecule has 0 atom stereocenters. The first-order valence-corrected chi connectivity index (χ1v) is 4.35. The minimum atomic E-state index is -0.364. The fraction of sp³-hybridized carbons (Fsp3) is 0.333. The molecular formula is C9H11ClFN. The SMILES string of the molecule is FCCNc1ccccc1CCl. The molecule has 1 aromatic carbocycles. The summed E-state index contributed by atoms with van der Waals surface area (Å²) in [5, 5.41) is 2.95. The van der Waals surface area contributed by atoms with Crippen molar-refractivity contribution in [1.82, 2.24) is 0 Å². The van der Waals surface area contributed by atoms with Crippen LogP contribution >= 0.6 is 11.6 Å². The van der Waals surface area contributed by atoms with E-state index < -0.39 is 0 Å². The molecule has 0 aromatic heterocycles. The van der Waals surface area contributed by atoms with E-state index in [-0.39, 0.29) is 6.67 Å². The van der Waals surface area contributed by atoms with Crippen LogP contribution in [0.5, 0.6) is 0 Å².